The molecule has 0 spiro atoms. The van der Waals surface area contributed by atoms with Crippen LogP contribution in [0.5, 0.6) is 5.75 Å². The van der Waals surface area contributed by atoms with Gasteiger partial charge in [0.15, 0.2) is 12.2 Å². The molecule has 0 aliphatic heterocycles. The topological polar surface area (TPSA) is 106 Å². The maximum Gasteiger partial charge on any atom is 0.315 e. The molecule has 0 fully saturated rings. The molecule has 0 aliphatic carbocycles. The summed E-state index contributed by atoms with van der Waals surface area (Å²) in [6.07, 6.45) is 4.38. The van der Waals surface area contributed by atoms with Crippen LogP contribution in [0.2, 0.25) is 0 Å². The molecule has 2 aromatic heterocycles. The molecule has 126 valence electrons. The number of ether oxygens (including phenoxy) is 1. The third-order valence-electron chi connectivity index (χ3n) is 3.27. The zero-order chi connectivity index (χ0) is 17.6. The first-order valence-corrected chi connectivity index (χ1v) is 7.27. The van der Waals surface area contributed by atoms with E-state index < -0.39 is 11.8 Å². The second kappa shape index (κ2) is 7.26. The molecule has 2 amide bonds. The van der Waals surface area contributed by atoms with Crippen LogP contribution in [-0.4, -0.2) is 28.9 Å². The van der Waals surface area contributed by atoms with Gasteiger partial charge in [-0.1, -0.05) is 6.07 Å². The van der Waals surface area contributed by atoms with E-state index in [0.717, 1.165) is 0 Å². The lowest BCUT2D eigenvalue weighted by molar-refractivity contribution is -0.133. The van der Waals surface area contributed by atoms with E-state index in [0.29, 0.717) is 28.6 Å². The molecule has 2 N–H and O–H groups in total. The minimum absolute atomic E-state index is 0.292. The van der Waals surface area contributed by atoms with Crippen LogP contribution in [-0.2, 0) is 9.59 Å². The van der Waals surface area contributed by atoms with Gasteiger partial charge in [0.25, 0.3) is 0 Å². The van der Waals surface area contributed by atoms with Crippen molar-refractivity contribution in [2.24, 2.45) is 0 Å². The normalized spacial score (nSPS) is 10.1. The van der Waals surface area contributed by atoms with Gasteiger partial charge in [-0.3, -0.25) is 9.59 Å². The number of anilines is 2. The Morgan fingerprint density at radius 3 is 2.64 bits per heavy atom. The zero-order valence-corrected chi connectivity index (χ0v) is 13.2. The Labute approximate surface area is 142 Å². The van der Waals surface area contributed by atoms with Crippen LogP contribution in [0.4, 0.5) is 11.5 Å². The van der Waals surface area contributed by atoms with Gasteiger partial charge in [0.2, 0.25) is 0 Å². The lowest BCUT2D eigenvalue weighted by Crippen LogP contribution is -2.29. The number of nitrogens with one attached hydrogen (secondary N) is 2. The number of carbonyl (C=O) groups is 2. The second-order valence-corrected chi connectivity index (χ2v) is 4.90. The first kappa shape index (κ1) is 16.2. The predicted molar refractivity (Wildman–Crippen MR) is 90.0 cm³/mol. The molecule has 8 nitrogen and oxygen atoms in total. The van der Waals surface area contributed by atoms with E-state index >= 15 is 0 Å². The number of benzene rings is 1. The van der Waals surface area contributed by atoms with Crippen LogP contribution in [0, 0.1) is 0 Å². The Bertz CT molecular complexity index is 879. The van der Waals surface area contributed by atoms with Gasteiger partial charge >= 0.3 is 11.8 Å². The van der Waals surface area contributed by atoms with E-state index in [9.17, 15) is 9.59 Å². The van der Waals surface area contributed by atoms with Crippen LogP contribution in [0.15, 0.2) is 59.6 Å². The SMILES string of the molecule is COc1cc(NC(=O)C(=O)Nc2ccccn2)ccc1-c1cnco1. The molecular weight excluding hydrogens is 324 g/mol. The fraction of sp³-hybridized carbons (Fsp3) is 0.0588. The molecule has 0 unspecified atom stereocenters. The van der Waals surface area contributed by atoms with E-state index in [4.69, 9.17) is 9.15 Å². The number of rotatable bonds is 4. The number of carbonyl (C=O) groups excluding carboxylic acids is 2. The Morgan fingerprint density at radius 1 is 1.12 bits per heavy atom. The predicted octanol–water partition coefficient (Wildman–Crippen LogP) is 2.32. The molecule has 8 heteroatoms. The molecule has 0 radical (unpaired) electrons. The summed E-state index contributed by atoms with van der Waals surface area (Å²) in [4.78, 5) is 31.7. The molecule has 0 atom stereocenters. The number of methoxy groups -OCH3 is 1. The summed E-state index contributed by atoms with van der Waals surface area (Å²) >= 11 is 0. The molecule has 0 saturated heterocycles. The van der Waals surface area contributed by atoms with Crippen LogP contribution >= 0.6 is 0 Å². The van der Waals surface area contributed by atoms with Crippen molar-refractivity contribution in [3.8, 4) is 17.1 Å². The average molecular weight is 338 g/mol. The minimum atomic E-state index is -0.822. The molecule has 0 saturated carbocycles. The number of amides is 2. The van der Waals surface area contributed by atoms with Crippen molar-refractivity contribution in [3.63, 3.8) is 0 Å². The maximum atomic E-state index is 12.0. The van der Waals surface area contributed by atoms with Crippen molar-refractivity contribution in [1.82, 2.24) is 9.97 Å². The highest BCUT2D eigenvalue weighted by atomic mass is 16.5. The highest BCUT2D eigenvalue weighted by molar-refractivity contribution is 6.43. The highest BCUT2D eigenvalue weighted by Crippen LogP contribution is 2.32. The first-order valence-electron chi connectivity index (χ1n) is 7.27. The smallest absolute Gasteiger partial charge is 0.315 e. The van der Waals surface area contributed by atoms with Crippen molar-refractivity contribution in [2.45, 2.75) is 0 Å². The molecule has 3 rings (SSSR count). The first-order chi connectivity index (χ1) is 12.2. The summed E-state index contributed by atoms with van der Waals surface area (Å²) in [5.41, 5.74) is 1.08. The van der Waals surface area contributed by atoms with E-state index in [1.54, 1.807) is 42.6 Å². The molecule has 0 bridgehead atoms. The highest BCUT2D eigenvalue weighted by Gasteiger charge is 2.16. The number of hydrogen-bond donors (Lipinski definition) is 2. The summed E-state index contributed by atoms with van der Waals surface area (Å²) < 4.78 is 10.5. The molecule has 0 aliphatic rings. The molecule has 1 aromatic carbocycles. The lowest BCUT2D eigenvalue weighted by Gasteiger charge is -2.10. The van der Waals surface area contributed by atoms with Gasteiger partial charge in [0.05, 0.1) is 18.9 Å². The second-order valence-electron chi connectivity index (χ2n) is 4.90. The lowest BCUT2D eigenvalue weighted by atomic mass is 10.1. The summed E-state index contributed by atoms with van der Waals surface area (Å²) in [6, 6.07) is 9.91. The maximum absolute atomic E-state index is 12.0. The molecule has 2 heterocycles. The van der Waals surface area contributed by atoms with Gasteiger partial charge in [-0.25, -0.2) is 9.97 Å². The Hall–Kier alpha value is -3.68. The third kappa shape index (κ3) is 3.81. The van der Waals surface area contributed by atoms with E-state index in [1.165, 1.54) is 19.7 Å². The summed E-state index contributed by atoms with van der Waals surface area (Å²) in [7, 11) is 1.49. The number of oxazole rings is 1. The zero-order valence-electron chi connectivity index (χ0n) is 13.2. The Kier molecular flexibility index (Phi) is 4.70. The number of aromatic nitrogens is 2. The van der Waals surface area contributed by atoms with Crippen LogP contribution in [0.3, 0.4) is 0 Å². The Morgan fingerprint density at radius 2 is 1.96 bits per heavy atom. The van der Waals surface area contributed by atoms with Gasteiger partial charge in [0, 0.05) is 18.0 Å². The van der Waals surface area contributed by atoms with Gasteiger partial charge in [-0.2, -0.15) is 0 Å². The number of nitrogens with zero attached hydrogens (tertiary/aromatic N) is 2. The fourth-order valence-corrected chi connectivity index (χ4v) is 2.12. The van der Waals surface area contributed by atoms with E-state index in [1.807, 2.05) is 0 Å². The van der Waals surface area contributed by atoms with Crippen molar-refractivity contribution in [1.29, 1.82) is 0 Å². The van der Waals surface area contributed by atoms with Crippen molar-refractivity contribution in [2.75, 3.05) is 17.7 Å². The standard InChI is InChI=1S/C17H14N4O4/c1-24-13-8-11(5-6-12(13)14-9-18-10-25-14)20-16(22)17(23)21-15-4-2-3-7-19-15/h2-10H,1H3,(H,20,22)(H,19,21,23). The van der Waals surface area contributed by atoms with Gasteiger partial charge < -0.3 is 19.8 Å². The van der Waals surface area contributed by atoms with Crippen molar-refractivity contribution >= 4 is 23.3 Å². The van der Waals surface area contributed by atoms with Gasteiger partial charge in [-0.05, 0) is 24.3 Å². The molecular formula is C17H14N4O4. The largest absolute Gasteiger partial charge is 0.496 e. The monoisotopic (exact) mass is 338 g/mol. The summed E-state index contributed by atoms with van der Waals surface area (Å²) in [6.45, 7) is 0. The Balaban J connectivity index is 1.72. The number of pyridine rings is 1. The van der Waals surface area contributed by atoms with Crippen LogP contribution in [0.25, 0.3) is 11.3 Å². The molecule has 25 heavy (non-hydrogen) atoms. The fourth-order valence-electron chi connectivity index (χ4n) is 2.12. The number of hydrogen-bond acceptors (Lipinski definition) is 6. The minimum Gasteiger partial charge on any atom is -0.496 e. The van der Waals surface area contributed by atoms with Gasteiger partial charge in [0.1, 0.15) is 11.6 Å². The third-order valence-corrected chi connectivity index (χ3v) is 3.27. The summed E-state index contributed by atoms with van der Waals surface area (Å²) in [5.74, 6) is -0.347. The van der Waals surface area contributed by atoms with Crippen molar-refractivity contribution in [3.05, 3.63) is 55.2 Å². The van der Waals surface area contributed by atoms with Crippen molar-refractivity contribution < 1.29 is 18.7 Å². The summed E-state index contributed by atoms with van der Waals surface area (Å²) in [5, 5.41) is 4.91. The quantitative estimate of drug-likeness (QED) is 0.707. The van der Waals surface area contributed by atoms with Crippen LogP contribution < -0.4 is 15.4 Å². The molecule has 3 aromatic rings. The van der Waals surface area contributed by atoms with E-state index in [-0.39, 0.29) is 0 Å². The van der Waals surface area contributed by atoms with Gasteiger partial charge in [-0.15, -0.1) is 0 Å². The van der Waals surface area contributed by atoms with Crippen LogP contribution in [0.1, 0.15) is 0 Å². The van der Waals surface area contributed by atoms with E-state index in [2.05, 4.69) is 20.6 Å². The average Bonchev–Trinajstić information content (AvgIpc) is 3.16.